The Morgan fingerprint density at radius 1 is 0.833 bits per heavy atom. The van der Waals surface area contributed by atoms with E-state index < -0.39 is 17.4 Å². The summed E-state index contributed by atoms with van der Waals surface area (Å²) in [7, 11) is 0. The van der Waals surface area contributed by atoms with E-state index in [4.69, 9.17) is 0 Å². The molecule has 0 spiro atoms. The van der Waals surface area contributed by atoms with Crippen LogP contribution in [-0.2, 0) is 19.2 Å². The molecule has 1 fully saturated rings. The number of ketones is 1. The molecule has 0 radical (unpaired) electrons. The van der Waals surface area contributed by atoms with Gasteiger partial charge in [0.1, 0.15) is 0 Å². The Morgan fingerprint density at radius 3 is 1.78 bits per heavy atom. The van der Waals surface area contributed by atoms with E-state index in [0.717, 1.165) is 24.6 Å². The van der Waals surface area contributed by atoms with E-state index >= 15 is 0 Å². The molecule has 2 atom stereocenters. The lowest BCUT2D eigenvalue weighted by molar-refractivity contribution is -0.141. The number of rotatable bonds is 20. The molecule has 1 saturated carbocycles. The van der Waals surface area contributed by atoms with Crippen LogP contribution < -0.4 is 10.6 Å². The smallest absolute Gasteiger partial charge is 0.317 e. The summed E-state index contributed by atoms with van der Waals surface area (Å²) in [6.45, 7) is 9.44. The molecule has 0 aromatic carbocycles. The topological polar surface area (TPSA) is 139 Å². The number of hydrogen-bond donors (Lipinski definition) is 4. The van der Waals surface area contributed by atoms with Crippen molar-refractivity contribution >= 4 is 47.2 Å². The van der Waals surface area contributed by atoms with Crippen molar-refractivity contribution in [2.24, 2.45) is 5.41 Å². The fourth-order valence-electron chi connectivity index (χ4n) is 3.47. The van der Waals surface area contributed by atoms with Crippen LogP contribution in [0.25, 0.3) is 0 Å². The molecule has 1 aliphatic carbocycles. The summed E-state index contributed by atoms with van der Waals surface area (Å²) in [4.78, 5) is 50.3. The number of nitrogens with one attached hydrogen (secondary N) is 2. The van der Waals surface area contributed by atoms with Crippen LogP contribution in [0.3, 0.4) is 0 Å². The number of thioether (sulfide) groups is 2. The van der Waals surface area contributed by atoms with Crippen molar-refractivity contribution in [2.75, 3.05) is 70.4 Å². The van der Waals surface area contributed by atoms with E-state index in [0.29, 0.717) is 17.0 Å². The summed E-state index contributed by atoms with van der Waals surface area (Å²) in [5.41, 5.74) is -0.611. The highest BCUT2D eigenvalue weighted by molar-refractivity contribution is 8.04. The molecule has 4 N–H and O–H groups in total. The minimum atomic E-state index is -1.07. The quantitative estimate of drug-likeness (QED) is 0.163. The monoisotopic (exact) mass is 548 g/mol. The highest BCUT2D eigenvalue weighted by Crippen LogP contribution is 2.39. The molecule has 1 amide bonds. The molecular weight excluding hydrogens is 504 g/mol. The fraction of sp³-hybridized carbons (Fsp3) is 0.833. The highest BCUT2D eigenvalue weighted by atomic mass is 32.2. The van der Waals surface area contributed by atoms with Gasteiger partial charge >= 0.3 is 11.9 Å². The number of nitrogens with zero attached hydrogens (tertiary/aromatic N) is 2. The zero-order chi connectivity index (χ0) is 27.1. The summed E-state index contributed by atoms with van der Waals surface area (Å²) in [6, 6.07) is 0. The van der Waals surface area contributed by atoms with Gasteiger partial charge in [0.2, 0.25) is 5.91 Å². The number of carboxylic acids is 2. The predicted octanol–water partition coefficient (Wildman–Crippen LogP) is 1.10. The lowest BCUT2D eigenvalue weighted by Crippen LogP contribution is -2.46. The van der Waals surface area contributed by atoms with Crippen molar-refractivity contribution in [3.05, 3.63) is 0 Å². The molecule has 0 heterocycles. The number of carbonyl (C=O) groups is 4. The van der Waals surface area contributed by atoms with E-state index in [9.17, 15) is 29.4 Å². The van der Waals surface area contributed by atoms with Gasteiger partial charge in [-0.25, -0.2) is 0 Å². The Morgan fingerprint density at radius 2 is 1.33 bits per heavy atom. The van der Waals surface area contributed by atoms with E-state index in [1.165, 1.54) is 22.6 Å². The van der Waals surface area contributed by atoms with Gasteiger partial charge in [-0.2, -0.15) is 23.5 Å². The SMILES string of the molecule is CCNCCSC1CCC1SCCNC(=O)CN(CCN(CC(=O)O)CC(=O)C(C)(C)C)CC(=O)O. The summed E-state index contributed by atoms with van der Waals surface area (Å²) in [5.74, 6) is -0.593. The molecule has 1 aliphatic rings. The molecule has 0 aromatic rings. The lowest BCUT2D eigenvalue weighted by Gasteiger charge is -2.35. The normalized spacial score (nSPS) is 17.7. The largest absolute Gasteiger partial charge is 0.480 e. The number of Topliss-reactive ketones (excluding diaryl/α,β-unsaturated/α-hetero) is 1. The minimum Gasteiger partial charge on any atom is -0.480 e. The molecular formula is C24H44N4O6S2. The molecule has 10 nitrogen and oxygen atoms in total. The third-order valence-corrected chi connectivity index (χ3v) is 8.83. The summed E-state index contributed by atoms with van der Waals surface area (Å²) in [6.07, 6.45) is 2.44. The Kier molecular flexibility index (Phi) is 15.6. The van der Waals surface area contributed by atoms with Gasteiger partial charge in [-0.1, -0.05) is 27.7 Å². The molecule has 1 rings (SSSR count). The maximum absolute atomic E-state index is 12.4. The van der Waals surface area contributed by atoms with Gasteiger partial charge in [0.25, 0.3) is 0 Å². The first-order valence-electron chi connectivity index (χ1n) is 12.5. The lowest BCUT2D eigenvalue weighted by atomic mass is 9.90. The third kappa shape index (κ3) is 14.4. The molecule has 0 aliphatic heterocycles. The summed E-state index contributed by atoms with van der Waals surface area (Å²) in [5, 5.41) is 25.9. The molecule has 12 heteroatoms. The highest BCUT2D eigenvalue weighted by Gasteiger charge is 2.31. The zero-order valence-electron chi connectivity index (χ0n) is 22.1. The standard InChI is InChI=1S/C24H44N4O6S2/c1-5-25-8-12-35-18-6-7-19(18)36-13-9-26-21(30)15-28(17-23(33)34)11-10-27(16-22(31)32)14-20(29)24(2,3)4/h18-19,25H,5-17H2,1-4H3,(H,26,30)(H,31,32)(H,33,34). The maximum atomic E-state index is 12.4. The van der Waals surface area contributed by atoms with Crippen LogP contribution in [0.5, 0.6) is 0 Å². The van der Waals surface area contributed by atoms with Gasteiger partial charge in [-0.3, -0.25) is 29.0 Å². The minimum absolute atomic E-state index is 0.0459. The number of amides is 1. The average molecular weight is 549 g/mol. The van der Waals surface area contributed by atoms with Crippen LogP contribution in [0, 0.1) is 5.41 Å². The van der Waals surface area contributed by atoms with E-state index in [1.807, 2.05) is 23.5 Å². The second kappa shape index (κ2) is 17.2. The van der Waals surface area contributed by atoms with Crippen LogP contribution in [0.1, 0.15) is 40.5 Å². The fourth-order valence-corrected chi connectivity index (χ4v) is 6.34. The number of hydrogen-bond acceptors (Lipinski definition) is 9. The van der Waals surface area contributed by atoms with Gasteiger partial charge in [-0.05, 0) is 19.4 Å². The van der Waals surface area contributed by atoms with Gasteiger partial charge in [-0.15, -0.1) is 0 Å². The molecule has 2 unspecified atom stereocenters. The Labute approximate surface area is 223 Å². The second-order valence-electron chi connectivity index (χ2n) is 9.98. The average Bonchev–Trinajstić information content (AvgIpc) is 2.74. The maximum Gasteiger partial charge on any atom is 0.317 e. The van der Waals surface area contributed by atoms with Gasteiger partial charge in [0.05, 0.1) is 26.2 Å². The first-order valence-corrected chi connectivity index (χ1v) is 14.6. The number of aliphatic carboxylic acids is 2. The van der Waals surface area contributed by atoms with Crippen LogP contribution >= 0.6 is 23.5 Å². The first-order chi connectivity index (χ1) is 16.9. The van der Waals surface area contributed by atoms with Crippen molar-refractivity contribution in [1.29, 1.82) is 0 Å². The second-order valence-corrected chi connectivity index (χ2v) is 12.7. The van der Waals surface area contributed by atoms with Crippen molar-refractivity contribution in [3.63, 3.8) is 0 Å². The molecule has 36 heavy (non-hydrogen) atoms. The van der Waals surface area contributed by atoms with Crippen LogP contribution in [0.15, 0.2) is 0 Å². The molecule has 0 aromatic heterocycles. The van der Waals surface area contributed by atoms with Crippen LogP contribution in [-0.4, -0.2) is 125 Å². The first kappa shape index (κ1) is 32.7. The summed E-state index contributed by atoms with van der Waals surface area (Å²) < 4.78 is 0. The summed E-state index contributed by atoms with van der Waals surface area (Å²) >= 11 is 3.89. The van der Waals surface area contributed by atoms with Crippen molar-refractivity contribution < 1.29 is 29.4 Å². The van der Waals surface area contributed by atoms with Crippen LogP contribution in [0.4, 0.5) is 0 Å². The van der Waals surface area contributed by atoms with Crippen molar-refractivity contribution in [2.45, 2.75) is 51.0 Å². The zero-order valence-corrected chi connectivity index (χ0v) is 23.7. The Balaban J connectivity index is 2.43. The van der Waals surface area contributed by atoms with Crippen LogP contribution in [0.2, 0.25) is 0 Å². The Bertz CT molecular complexity index is 719. The van der Waals surface area contributed by atoms with Gasteiger partial charge in [0, 0.05) is 53.6 Å². The van der Waals surface area contributed by atoms with E-state index in [-0.39, 0.29) is 51.0 Å². The molecule has 0 bridgehead atoms. The molecule has 0 saturated heterocycles. The van der Waals surface area contributed by atoms with Crippen molar-refractivity contribution in [3.8, 4) is 0 Å². The number of carboxylic acid groups (broad SMARTS) is 2. The predicted molar refractivity (Wildman–Crippen MR) is 146 cm³/mol. The van der Waals surface area contributed by atoms with Gasteiger partial charge in [0.15, 0.2) is 5.78 Å². The Hall–Kier alpha value is -1.34. The number of carbonyl (C=O) groups excluding carboxylic acids is 2. The van der Waals surface area contributed by atoms with E-state index in [1.54, 1.807) is 20.8 Å². The van der Waals surface area contributed by atoms with E-state index in [2.05, 4.69) is 17.6 Å². The third-order valence-electron chi connectivity index (χ3n) is 5.79. The molecule has 208 valence electrons. The van der Waals surface area contributed by atoms with Crippen molar-refractivity contribution in [1.82, 2.24) is 20.4 Å². The van der Waals surface area contributed by atoms with Gasteiger partial charge < -0.3 is 20.8 Å².